The van der Waals surface area contributed by atoms with Gasteiger partial charge in [-0.15, -0.1) is 0 Å². The van der Waals surface area contributed by atoms with Gasteiger partial charge in [-0.1, -0.05) is 12.1 Å². The lowest BCUT2D eigenvalue weighted by Crippen LogP contribution is -2.51. The second kappa shape index (κ2) is 6.98. The first-order valence-corrected chi connectivity index (χ1v) is 8.76. The molecule has 2 aromatic rings. The van der Waals surface area contributed by atoms with Gasteiger partial charge in [-0.05, 0) is 37.8 Å². The first-order valence-electron chi connectivity index (χ1n) is 8.76. The SMILES string of the molecule is O=C(N[C@H]1CCOC2(CCOCC2)C1)c1ccc(-c2cnco2)cc1. The van der Waals surface area contributed by atoms with E-state index in [0.717, 1.165) is 44.5 Å². The number of carbonyl (C=O) groups excluding carboxylic acids is 1. The van der Waals surface area contributed by atoms with E-state index in [1.165, 1.54) is 6.39 Å². The monoisotopic (exact) mass is 342 g/mol. The summed E-state index contributed by atoms with van der Waals surface area (Å²) in [7, 11) is 0. The Hall–Kier alpha value is -2.18. The number of oxazole rings is 1. The maximum absolute atomic E-state index is 12.6. The lowest BCUT2D eigenvalue weighted by atomic mass is 9.84. The van der Waals surface area contributed by atoms with Crippen molar-refractivity contribution >= 4 is 5.91 Å². The van der Waals surface area contributed by atoms with Gasteiger partial charge in [0, 0.05) is 37.0 Å². The maximum atomic E-state index is 12.6. The highest BCUT2D eigenvalue weighted by molar-refractivity contribution is 5.94. The van der Waals surface area contributed by atoms with Crippen molar-refractivity contribution in [1.29, 1.82) is 0 Å². The van der Waals surface area contributed by atoms with Gasteiger partial charge in [-0.25, -0.2) is 4.98 Å². The number of aromatic nitrogens is 1. The summed E-state index contributed by atoms with van der Waals surface area (Å²) in [5.41, 5.74) is 1.43. The number of hydrogen-bond acceptors (Lipinski definition) is 5. The second-order valence-electron chi connectivity index (χ2n) is 6.75. The molecule has 1 aromatic carbocycles. The number of nitrogens with one attached hydrogen (secondary N) is 1. The summed E-state index contributed by atoms with van der Waals surface area (Å²) in [5, 5.41) is 3.17. The molecule has 2 saturated heterocycles. The average Bonchev–Trinajstić information content (AvgIpc) is 3.17. The molecule has 0 aliphatic carbocycles. The van der Waals surface area contributed by atoms with E-state index in [1.54, 1.807) is 6.20 Å². The van der Waals surface area contributed by atoms with Crippen LogP contribution in [0.15, 0.2) is 41.3 Å². The van der Waals surface area contributed by atoms with Gasteiger partial charge in [0.15, 0.2) is 12.2 Å². The zero-order valence-corrected chi connectivity index (χ0v) is 14.1. The molecule has 1 atom stereocenters. The zero-order chi connectivity index (χ0) is 17.1. The Morgan fingerprint density at radius 1 is 1.16 bits per heavy atom. The quantitative estimate of drug-likeness (QED) is 0.928. The van der Waals surface area contributed by atoms with Crippen molar-refractivity contribution in [2.75, 3.05) is 19.8 Å². The van der Waals surface area contributed by atoms with Crippen LogP contribution in [0, 0.1) is 0 Å². The predicted octanol–water partition coefficient (Wildman–Crippen LogP) is 2.80. The van der Waals surface area contributed by atoms with Gasteiger partial charge in [0.25, 0.3) is 5.91 Å². The molecular weight excluding hydrogens is 320 g/mol. The summed E-state index contributed by atoms with van der Waals surface area (Å²) in [5.74, 6) is 0.649. The minimum Gasteiger partial charge on any atom is -0.444 e. The van der Waals surface area contributed by atoms with Crippen molar-refractivity contribution < 1.29 is 18.7 Å². The zero-order valence-electron chi connectivity index (χ0n) is 14.1. The summed E-state index contributed by atoms with van der Waals surface area (Å²) in [4.78, 5) is 16.5. The van der Waals surface area contributed by atoms with Crippen LogP contribution in [-0.4, -0.2) is 42.4 Å². The highest BCUT2D eigenvalue weighted by Gasteiger charge is 2.39. The molecule has 2 aliphatic heterocycles. The van der Waals surface area contributed by atoms with Crippen LogP contribution < -0.4 is 5.32 Å². The Balaban J connectivity index is 1.39. The maximum Gasteiger partial charge on any atom is 0.251 e. The average molecular weight is 342 g/mol. The number of nitrogens with zero attached hydrogens (tertiary/aromatic N) is 1. The molecule has 0 unspecified atom stereocenters. The minimum absolute atomic E-state index is 0.0433. The van der Waals surface area contributed by atoms with E-state index >= 15 is 0 Å². The van der Waals surface area contributed by atoms with Crippen molar-refractivity contribution in [2.24, 2.45) is 0 Å². The molecule has 0 radical (unpaired) electrons. The van der Waals surface area contributed by atoms with E-state index in [1.807, 2.05) is 24.3 Å². The van der Waals surface area contributed by atoms with Crippen molar-refractivity contribution in [3.63, 3.8) is 0 Å². The van der Waals surface area contributed by atoms with E-state index in [2.05, 4.69) is 10.3 Å². The molecule has 132 valence electrons. The van der Waals surface area contributed by atoms with E-state index < -0.39 is 0 Å². The van der Waals surface area contributed by atoms with Crippen LogP contribution in [0.2, 0.25) is 0 Å². The molecule has 1 aromatic heterocycles. The summed E-state index contributed by atoms with van der Waals surface area (Å²) < 4.78 is 16.7. The van der Waals surface area contributed by atoms with Gasteiger partial charge < -0.3 is 19.2 Å². The van der Waals surface area contributed by atoms with Crippen LogP contribution in [0.4, 0.5) is 0 Å². The molecule has 0 saturated carbocycles. The summed E-state index contributed by atoms with van der Waals surface area (Å²) in [6.45, 7) is 2.17. The second-order valence-corrected chi connectivity index (χ2v) is 6.75. The summed E-state index contributed by atoms with van der Waals surface area (Å²) in [6.07, 6.45) is 6.58. The fourth-order valence-corrected chi connectivity index (χ4v) is 3.66. The molecule has 1 spiro atoms. The van der Waals surface area contributed by atoms with Crippen molar-refractivity contribution in [3.05, 3.63) is 42.4 Å². The summed E-state index contributed by atoms with van der Waals surface area (Å²) in [6, 6.07) is 7.53. The molecule has 6 nitrogen and oxygen atoms in total. The molecule has 0 bridgehead atoms. The van der Waals surface area contributed by atoms with Gasteiger partial charge in [0.2, 0.25) is 0 Å². The lowest BCUT2D eigenvalue weighted by Gasteiger charge is -2.43. The van der Waals surface area contributed by atoms with Crippen LogP contribution >= 0.6 is 0 Å². The Morgan fingerprint density at radius 3 is 2.68 bits per heavy atom. The first-order chi connectivity index (χ1) is 12.2. The number of carbonyl (C=O) groups is 1. The van der Waals surface area contributed by atoms with Gasteiger partial charge in [-0.3, -0.25) is 4.79 Å². The van der Waals surface area contributed by atoms with Crippen LogP contribution in [0.25, 0.3) is 11.3 Å². The van der Waals surface area contributed by atoms with Crippen molar-refractivity contribution in [1.82, 2.24) is 10.3 Å². The Morgan fingerprint density at radius 2 is 1.96 bits per heavy atom. The molecule has 1 amide bonds. The van der Waals surface area contributed by atoms with Crippen LogP contribution in [0.3, 0.4) is 0 Å². The fourth-order valence-electron chi connectivity index (χ4n) is 3.66. The molecule has 6 heteroatoms. The number of amides is 1. The normalized spacial score (nSPS) is 22.6. The fraction of sp³-hybridized carbons (Fsp3) is 0.474. The third kappa shape index (κ3) is 3.60. The number of benzene rings is 1. The molecule has 2 aliphatic rings. The van der Waals surface area contributed by atoms with E-state index in [-0.39, 0.29) is 17.6 Å². The van der Waals surface area contributed by atoms with Crippen molar-refractivity contribution in [2.45, 2.75) is 37.3 Å². The van der Waals surface area contributed by atoms with Crippen LogP contribution in [-0.2, 0) is 9.47 Å². The molecule has 1 N–H and O–H groups in total. The highest BCUT2D eigenvalue weighted by Crippen LogP contribution is 2.34. The smallest absolute Gasteiger partial charge is 0.251 e. The van der Waals surface area contributed by atoms with Gasteiger partial charge in [0.1, 0.15) is 0 Å². The third-order valence-electron chi connectivity index (χ3n) is 5.10. The predicted molar refractivity (Wildman–Crippen MR) is 91.2 cm³/mol. The Kier molecular flexibility index (Phi) is 4.55. The first kappa shape index (κ1) is 16.3. The molecule has 4 rings (SSSR count). The topological polar surface area (TPSA) is 73.6 Å². The molecule has 2 fully saturated rings. The third-order valence-corrected chi connectivity index (χ3v) is 5.10. The Labute approximate surface area is 146 Å². The van der Waals surface area contributed by atoms with E-state index in [0.29, 0.717) is 17.9 Å². The van der Waals surface area contributed by atoms with Crippen LogP contribution in [0.5, 0.6) is 0 Å². The Bertz CT molecular complexity index is 700. The minimum atomic E-state index is -0.120. The standard InChI is InChI=1S/C19H22N2O4/c22-18(15-3-1-14(2-4-15)17-12-20-13-24-17)21-16-5-8-25-19(11-16)6-9-23-10-7-19/h1-4,12-13,16H,5-11H2,(H,21,22)/t16-/m0/s1. The summed E-state index contributed by atoms with van der Waals surface area (Å²) >= 11 is 0. The van der Waals surface area contributed by atoms with Crippen molar-refractivity contribution in [3.8, 4) is 11.3 Å². The van der Waals surface area contributed by atoms with Crippen LogP contribution in [0.1, 0.15) is 36.0 Å². The number of hydrogen-bond donors (Lipinski definition) is 1. The van der Waals surface area contributed by atoms with E-state index in [9.17, 15) is 4.79 Å². The molecule has 25 heavy (non-hydrogen) atoms. The highest BCUT2D eigenvalue weighted by atomic mass is 16.5. The lowest BCUT2D eigenvalue weighted by molar-refractivity contribution is -0.139. The van der Waals surface area contributed by atoms with Gasteiger partial charge >= 0.3 is 0 Å². The van der Waals surface area contributed by atoms with Gasteiger partial charge in [-0.2, -0.15) is 0 Å². The van der Waals surface area contributed by atoms with Gasteiger partial charge in [0.05, 0.1) is 11.8 Å². The number of ether oxygens (including phenoxy) is 2. The number of rotatable bonds is 3. The molecular formula is C19H22N2O4. The van der Waals surface area contributed by atoms with E-state index in [4.69, 9.17) is 13.9 Å². The largest absolute Gasteiger partial charge is 0.444 e. The molecule has 3 heterocycles.